The lowest BCUT2D eigenvalue weighted by Gasteiger charge is -2.14. The number of aryl methyl sites for hydroxylation is 3. The van der Waals surface area contributed by atoms with Crippen LogP contribution in [-0.2, 0) is 6.54 Å². The summed E-state index contributed by atoms with van der Waals surface area (Å²) in [7, 11) is 0. The Labute approximate surface area is 172 Å². The Hall–Kier alpha value is -2.86. The maximum absolute atomic E-state index is 10.4. The Morgan fingerprint density at radius 3 is 2.62 bits per heavy atom. The van der Waals surface area contributed by atoms with Crippen molar-refractivity contribution in [2.45, 2.75) is 39.8 Å². The van der Waals surface area contributed by atoms with Crippen molar-refractivity contribution in [2.24, 2.45) is 4.99 Å². The number of aliphatic hydroxyl groups is 1. The van der Waals surface area contributed by atoms with Gasteiger partial charge < -0.3 is 20.3 Å². The number of aliphatic hydroxyl groups excluding tert-OH is 1. The van der Waals surface area contributed by atoms with Gasteiger partial charge in [0.1, 0.15) is 5.82 Å². The lowest BCUT2D eigenvalue weighted by atomic mass is 10.1. The fraction of sp³-hybridized carbons (Fsp3) is 0.391. The fourth-order valence-corrected chi connectivity index (χ4v) is 3.34. The minimum Gasteiger partial charge on any atom is -0.386 e. The van der Waals surface area contributed by atoms with Crippen LogP contribution in [0.3, 0.4) is 0 Å². The number of aromatic nitrogens is 2. The standard InChI is InChI=1S/C23H31N5O/c1-4-24-23(26-16-22(29)19-12-10-17(2)11-13-19)25-14-7-15-28-18(3)27-20-8-5-6-9-21(20)28/h5-6,8-13,22,29H,4,7,14-16H2,1-3H3,(H2,24,25,26). The SMILES string of the molecule is CCNC(=NCC(O)c1ccc(C)cc1)NCCCn1c(C)nc2ccccc21. The highest BCUT2D eigenvalue weighted by Crippen LogP contribution is 2.16. The van der Waals surface area contributed by atoms with Gasteiger partial charge in [0.15, 0.2) is 5.96 Å². The van der Waals surface area contributed by atoms with E-state index in [0.717, 1.165) is 48.9 Å². The quantitative estimate of drug-likeness (QED) is 0.312. The van der Waals surface area contributed by atoms with Gasteiger partial charge in [-0.15, -0.1) is 0 Å². The number of hydrogen-bond acceptors (Lipinski definition) is 3. The van der Waals surface area contributed by atoms with Gasteiger partial charge in [-0.2, -0.15) is 0 Å². The van der Waals surface area contributed by atoms with Crippen molar-refractivity contribution in [3.8, 4) is 0 Å². The first-order chi connectivity index (χ1) is 14.1. The summed E-state index contributed by atoms with van der Waals surface area (Å²) in [5.74, 6) is 1.76. The molecule has 0 aliphatic heterocycles. The molecule has 1 atom stereocenters. The van der Waals surface area contributed by atoms with Crippen LogP contribution in [0, 0.1) is 13.8 Å². The second-order valence-electron chi connectivity index (χ2n) is 7.23. The largest absolute Gasteiger partial charge is 0.386 e. The van der Waals surface area contributed by atoms with Crippen LogP contribution in [0.1, 0.15) is 36.4 Å². The molecule has 0 saturated heterocycles. The average Bonchev–Trinajstić information content (AvgIpc) is 3.04. The number of aliphatic imine (C=N–C) groups is 1. The number of para-hydroxylation sites is 2. The third-order valence-electron chi connectivity index (χ3n) is 4.93. The molecule has 0 spiro atoms. The third kappa shape index (κ3) is 5.57. The zero-order chi connectivity index (χ0) is 20.6. The monoisotopic (exact) mass is 393 g/mol. The normalized spacial score (nSPS) is 12.9. The molecule has 0 amide bonds. The van der Waals surface area contributed by atoms with Gasteiger partial charge in [-0.25, -0.2) is 4.98 Å². The van der Waals surface area contributed by atoms with Crippen LogP contribution in [0.4, 0.5) is 0 Å². The molecule has 0 aliphatic rings. The van der Waals surface area contributed by atoms with E-state index in [0.29, 0.717) is 6.54 Å². The lowest BCUT2D eigenvalue weighted by molar-refractivity contribution is 0.187. The number of rotatable bonds is 8. The molecule has 0 saturated carbocycles. The highest BCUT2D eigenvalue weighted by molar-refractivity contribution is 5.79. The van der Waals surface area contributed by atoms with E-state index in [-0.39, 0.29) is 0 Å². The number of nitrogens with one attached hydrogen (secondary N) is 2. The Balaban J connectivity index is 1.53. The van der Waals surface area contributed by atoms with Crippen molar-refractivity contribution in [2.75, 3.05) is 19.6 Å². The van der Waals surface area contributed by atoms with Gasteiger partial charge in [-0.1, -0.05) is 42.0 Å². The van der Waals surface area contributed by atoms with Gasteiger partial charge in [0.05, 0.1) is 23.7 Å². The van der Waals surface area contributed by atoms with Gasteiger partial charge in [-0.05, 0) is 44.9 Å². The number of nitrogens with zero attached hydrogens (tertiary/aromatic N) is 3. The van der Waals surface area contributed by atoms with E-state index in [2.05, 4.69) is 31.2 Å². The molecule has 1 aromatic heterocycles. The molecule has 6 heteroatoms. The van der Waals surface area contributed by atoms with Crippen molar-refractivity contribution in [3.63, 3.8) is 0 Å². The van der Waals surface area contributed by atoms with Gasteiger partial charge in [0.25, 0.3) is 0 Å². The van der Waals surface area contributed by atoms with Gasteiger partial charge in [-0.3, -0.25) is 4.99 Å². The van der Waals surface area contributed by atoms with Gasteiger partial charge in [0.2, 0.25) is 0 Å². The van der Waals surface area contributed by atoms with E-state index in [1.165, 1.54) is 11.1 Å². The first-order valence-electron chi connectivity index (χ1n) is 10.3. The first-order valence-corrected chi connectivity index (χ1v) is 10.3. The molecule has 0 aliphatic carbocycles. The van der Waals surface area contributed by atoms with Gasteiger partial charge >= 0.3 is 0 Å². The Kier molecular flexibility index (Phi) is 7.25. The van der Waals surface area contributed by atoms with Crippen molar-refractivity contribution in [3.05, 3.63) is 65.5 Å². The van der Waals surface area contributed by atoms with E-state index in [9.17, 15) is 5.11 Å². The summed E-state index contributed by atoms with van der Waals surface area (Å²) in [4.78, 5) is 9.16. The summed E-state index contributed by atoms with van der Waals surface area (Å²) in [6.45, 7) is 8.90. The molecule has 0 bridgehead atoms. The number of hydrogen-bond donors (Lipinski definition) is 3. The summed E-state index contributed by atoms with van der Waals surface area (Å²) in [6, 6.07) is 16.1. The lowest BCUT2D eigenvalue weighted by Crippen LogP contribution is -2.38. The first kappa shape index (κ1) is 20.9. The molecule has 0 fully saturated rings. The third-order valence-corrected chi connectivity index (χ3v) is 4.93. The van der Waals surface area contributed by atoms with E-state index in [4.69, 9.17) is 0 Å². The highest BCUT2D eigenvalue weighted by Gasteiger charge is 2.08. The summed E-state index contributed by atoms with van der Waals surface area (Å²) >= 11 is 0. The van der Waals surface area contributed by atoms with Crippen LogP contribution in [-0.4, -0.2) is 40.3 Å². The predicted molar refractivity (Wildman–Crippen MR) is 119 cm³/mol. The maximum atomic E-state index is 10.4. The Bertz CT molecular complexity index is 946. The topological polar surface area (TPSA) is 74.5 Å². The molecule has 154 valence electrons. The van der Waals surface area contributed by atoms with Crippen molar-refractivity contribution in [1.82, 2.24) is 20.2 Å². The number of fused-ring (bicyclic) bond motifs is 1. The average molecular weight is 394 g/mol. The highest BCUT2D eigenvalue weighted by atomic mass is 16.3. The number of imidazole rings is 1. The Morgan fingerprint density at radius 2 is 1.86 bits per heavy atom. The zero-order valence-corrected chi connectivity index (χ0v) is 17.5. The van der Waals surface area contributed by atoms with Crippen LogP contribution < -0.4 is 10.6 Å². The molecule has 29 heavy (non-hydrogen) atoms. The number of guanidine groups is 1. The van der Waals surface area contributed by atoms with Crippen molar-refractivity contribution in [1.29, 1.82) is 0 Å². The van der Waals surface area contributed by atoms with E-state index in [1.54, 1.807) is 0 Å². The van der Waals surface area contributed by atoms with Crippen LogP contribution >= 0.6 is 0 Å². The summed E-state index contributed by atoms with van der Waals surface area (Å²) in [5, 5.41) is 17.0. The molecule has 2 aromatic carbocycles. The van der Waals surface area contributed by atoms with Crippen LogP contribution in [0.15, 0.2) is 53.5 Å². The molecule has 1 unspecified atom stereocenters. The minimum absolute atomic E-state index is 0.323. The van der Waals surface area contributed by atoms with E-state index < -0.39 is 6.10 Å². The minimum atomic E-state index is -0.606. The molecular formula is C23H31N5O. The summed E-state index contributed by atoms with van der Waals surface area (Å²) in [6.07, 6.45) is 0.345. The fourth-order valence-electron chi connectivity index (χ4n) is 3.34. The molecule has 0 radical (unpaired) electrons. The van der Waals surface area contributed by atoms with Gasteiger partial charge in [0, 0.05) is 19.6 Å². The number of benzene rings is 2. The van der Waals surface area contributed by atoms with Crippen LogP contribution in [0.5, 0.6) is 0 Å². The maximum Gasteiger partial charge on any atom is 0.191 e. The molecule has 6 nitrogen and oxygen atoms in total. The van der Waals surface area contributed by atoms with Crippen molar-refractivity contribution >= 4 is 17.0 Å². The van der Waals surface area contributed by atoms with Crippen LogP contribution in [0.2, 0.25) is 0 Å². The predicted octanol–water partition coefficient (Wildman–Crippen LogP) is 3.33. The molecular weight excluding hydrogens is 362 g/mol. The van der Waals surface area contributed by atoms with Crippen LogP contribution in [0.25, 0.3) is 11.0 Å². The zero-order valence-electron chi connectivity index (χ0n) is 17.5. The van der Waals surface area contributed by atoms with E-state index in [1.807, 2.05) is 63.2 Å². The molecule has 1 heterocycles. The second-order valence-corrected chi connectivity index (χ2v) is 7.23. The molecule has 3 N–H and O–H groups in total. The Morgan fingerprint density at radius 1 is 1.10 bits per heavy atom. The summed E-state index contributed by atoms with van der Waals surface area (Å²) in [5.41, 5.74) is 4.28. The second kappa shape index (κ2) is 10.1. The molecule has 3 rings (SSSR count). The smallest absolute Gasteiger partial charge is 0.191 e. The summed E-state index contributed by atoms with van der Waals surface area (Å²) < 4.78 is 2.25. The van der Waals surface area contributed by atoms with E-state index >= 15 is 0 Å². The van der Waals surface area contributed by atoms with Crippen molar-refractivity contribution < 1.29 is 5.11 Å². The molecule has 3 aromatic rings.